The lowest BCUT2D eigenvalue weighted by molar-refractivity contribution is -0.129. The van der Waals surface area contributed by atoms with Crippen LogP contribution in [0.15, 0.2) is 28.7 Å². The second-order valence-electron chi connectivity index (χ2n) is 5.90. The van der Waals surface area contributed by atoms with Crippen LogP contribution in [0, 0.1) is 5.92 Å². The monoisotopic (exact) mass is 387 g/mol. The van der Waals surface area contributed by atoms with E-state index in [1.165, 1.54) is 12.8 Å². The Labute approximate surface area is 146 Å². The van der Waals surface area contributed by atoms with Crippen LogP contribution >= 0.6 is 28.3 Å². The first-order valence-electron chi connectivity index (χ1n) is 7.72. The first-order chi connectivity index (χ1) is 10.3. The van der Waals surface area contributed by atoms with Gasteiger partial charge in [0.25, 0.3) is 0 Å². The molecule has 122 valence electrons. The van der Waals surface area contributed by atoms with Crippen LogP contribution in [-0.2, 0) is 4.79 Å². The number of carbonyl (C=O) groups excluding carboxylic acids is 1. The lowest BCUT2D eigenvalue weighted by Gasteiger charge is -2.38. The van der Waals surface area contributed by atoms with E-state index in [1.807, 2.05) is 18.2 Å². The van der Waals surface area contributed by atoms with Crippen molar-refractivity contribution in [2.45, 2.75) is 18.9 Å². The van der Waals surface area contributed by atoms with Crippen molar-refractivity contribution >= 4 is 34.2 Å². The minimum absolute atomic E-state index is 0. The number of piperazine rings is 1. The molecule has 0 saturated carbocycles. The fourth-order valence-corrected chi connectivity index (χ4v) is 3.84. The van der Waals surface area contributed by atoms with Gasteiger partial charge in [0, 0.05) is 24.1 Å². The number of amides is 1. The van der Waals surface area contributed by atoms with Crippen molar-refractivity contribution < 1.29 is 4.79 Å². The van der Waals surface area contributed by atoms with Gasteiger partial charge in [-0.25, -0.2) is 0 Å². The third-order valence-electron chi connectivity index (χ3n) is 4.46. The van der Waals surface area contributed by atoms with Gasteiger partial charge in [0.05, 0.1) is 0 Å². The van der Waals surface area contributed by atoms with Crippen molar-refractivity contribution in [1.82, 2.24) is 15.5 Å². The molecule has 1 atom stereocenters. The summed E-state index contributed by atoms with van der Waals surface area (Å²) in [5.41, 5.74) is 1.07. The Morgan fingerprint density at radius 3 is 2.64 bits per heavy atom. The molecule has 6 heteroatoms. The minimum Gasteiger partial charge on any atom is -0.353 e. The quantitative estimate of drug-likeness (QED) is 0.835. The SMILES string of the molecule is Cl.O=C1NCCN(CC2CCNCC2)C1c1ccccc1Br. The van der Waals surface area contributed by atoms with Crippen LogP contribution in [0.25, 0.3) is 0 Å². The maximum Gasteiger partial charge on any atom is 0.242 e. The highest BCUT2D eigenvalue weighted by Crippen LogP contribution is 2.30. The van der Waals surface area contributed by atoms with Gasteiger partial charge in [-0.3, -0.25) is 9.69 Å². The van der Waals surface area contributed by atoms with E-state index in [1.54, 1.807) is 0 Å². The molecule has 22 heavy (non-hydrogen) atoms. The molecule has 1 amide bonds. The summed E-state index contributed by atoms with van der Waals surface area (Å²) >= 11 is 3.60. The Hall–Kier alpha value is -0.620. The predicted molar refractivity (Wildman–Crippen MR) is 94.3 cm³/mol. The summed E-state index contributed by atoms with van der Waals surface area (Å²) < 4.78 is 1.02. The molecule has 0 aliphatic carbocycles. The maximum atomic E-state index is 12.4. The molecule has 2 saturated heterocycles. The number of halogens is 2. The number of carbonyl (C=O) groups is 1. The minimum atomic E-state index is -0.163. The zero-order valence-corrected chi connectivity index (χ0v) is 15.0. The highest BCUT2D eigenvalue weighted by atomic mass is 79.9. The molecule has 1 aromatic carbocycles. The lowest BCUT2D eigenvalue weighted by atomic mass is 9.94. The van der Waals surface area contributed by atoms with Crippen LogP contribution in [0.2, 0.25) is 0 Å². The van der Waals surface area contributed by atoms with Crippen molar-refractivity contribution in [2.24, 2.45) is 5.92 Å². The normalized spacial score (nSPS) is 23.7. The number of nitrogens with one attached hydrogen (secondary N) is 2. The van der Waals surface area contributed by atoms with E-state index in [-0.39, 0.29) is 24.4 Å². The number of benzene rings is 1. The van der Waals surface area contributed by atoms with E-state index in [2.05, 4.69) is 37.5 Å². The van der Waals surface area contributed by atoms with Gasteiger partial charge in [0.1, 0.15) is 6.04 Å². The molecular formula is C16H23BrClN3O. The first-order valence-corrected chi connectivity index (χ1v) is 8.52. The number of hydrogen-bond donors (Lipinski definition) is 2. The third kappa shape index (κ3) is 4.02. The molecule has 2 heterocycles. The average molecular weight is 389 g/mol. The zero-order chi connectivity index (χ0) is 14.7. The van der Waals surface area contributed by atoms with Crippen LogP contribution in [0.1, 0.15) is 24.4 Å². The van der Waals surface area contributed by atoms with E-state index in [9.17, 15) is 4.79 Å². The predicted octanol–water partition coefficient (Wildman–Crippen LogP) is 2.34. The fraction of sp³-hybridized carbons (Fsp3) is 0.562. The Bertz CT molecular complexity index is 508. The molecule has 2 aliphatic heterocycles. The van der Waals surface area contributed by atoms with Crippen LogP contribution in [0.3, 0.4) is 0 Å². The van der Waals surface area contributed by atoms with Crippen molar-refractivity contribution in [3.05, 3.63) is 34.3 Å². The smallest absolute Gasteiger partial charge is 0.242 e. The summed E-state index contributed by atoms with van der Waals surface area (Å²) in [4.78, 5) is 14.8. The molecule has 4 nitrogen and oxygen atoms in total. The van der Waals surface area contributed by atoms with Crippen LogP contribution in [-0.4, -0.2) is 43.5 Å². The molecule has 0 spiro atoms. The van der Waals surface area contributed by atoms with Gasteiger partial charge in [-0.15, -0.1) is 12.4 Å². The second-order valence-corrected chi connectivity index (χ2v) is 6.76. The average Bonchev–Trinajstić information content (AvgIpc) is 2.50. The molecule has 2 aliphatic rings. The molecule has 1 unspecified atom stereocenters. The van der Waals surface area contributed by atoms with Gasteiger partial charge in [0.15, 0.2) is 0 Å². The van der Waals surface area contributed by atoms with Crippen LogP contribution < -0.4 is 10.6 Å². The third-order valence-corrected chi connectivity index (χ3v) is 5.19. The summed E-state index contributed by atoms with van der Waals surface area (Å²) in [5, 5.41) is 6.42. The molecule has 0 radical (unpaired) electrons. The highest BCUT2D eigenvalue weighted by Gasteiger charge is 2.33. The van der Waals surface area contributed by atoms with Crippen molar-refractivity contribution in [3.8, 4) is 0 Å². The van der Waals surface area contributed by atoms with E-state index in [4.69, 9.17) is 0 Å². The summed E-state index contributed by atoms with van der Waals surface area (Å²) in [6.45, 7) is 4.91. The van der Waals surface area contributed by atoms with Crippen LogP contribution in [0.5, 0.6) is 0 Å². The zero-order valence-electron chi connectivity index (χ0n) is 12.6. The number of hydrogen-bond acceptors (Lipinski definition) is 3. The molecule has 0 aromatic heterocycles. The molecule has 3 rings (SSSR count). The van der Waals surface area contributed by atoms with Gasteiger partial charge >= 0.3 is 0 Å². The number of piperidine rings is 1. The van der Waals surface area contributed by atoms with Crippen molar-refractivity contribution in [1.29, 1.82) is 0 Å². The topological polar surface area (TPSA) is 44.4 Å². The number of nitrogens with zero attached hydrogens (tertiary/aromatic N) is 1. The van der Waals surface area contributed by atoms with E-state index in [0.717, 1.165) is 42.8 Å². The van der Waals surface area contributed by atoms with Gasteiger partial charge in [-0.2, -0.15) is 0 Å². The van der Waals surface area contributed by atoms with Gasteiger partial charge in [-0.1, -0.05) is 34.1 Å². The van der Waals surface area contributed by atoms with Gasteiger partial charge in [-0.05, 0) is 43.5 Å². The maximum absolute atomic E-state index is 12.4. The first kappa shape index (κ1) is 17.7. The fourth-order valence-electron chi connectivity index (χ4n) is 3.34. The molecule has 2 N–H and O–H groups in total. The Kier molecular flexibility index (Phi) is 6.68. The van der Waals surface area contributed by atoms with Crippen molar-refractivity contribution in [2.75, 3.05) is 32.7 Å². The second kappa shape index (κ2) is 8.29. The van der Waals surface area contributed by atoms with Gasteiger partial charge in [0.2, 0.25) is 5.91 Å². The number of rotatable bonds is 3. The van der Waals surface area contributed by atoms with Gasteiger partial charge < -0.3 is 10.6 Å². The van der Waals surface area contributed by atoms with E-state index < -0.39 is 0 Å². The van der Waals surface area contributed by atoms with Crippen LogP contribution in [0.4, 0.5) is 0 Å². The summed E-state index contributed by atoms with van der Waals surface area (Å²) in [7, 11) is 0. The molecule has 1 aromatic rings. The lowest BCUT2D eigenvalue weighted by Crippen LogP contribution is -2.51. The molecule has 0 bridgehead atoms. The molecule has 2 fully saturated rings. The van der Waals surface area contributed by atoms with E-state index in [0.29, 0.717) is 5.92 Å². The summed E-state index contributed by atoms with van der Waals surface area (Å²) in [6.07, 6.45) is 2.42. The van der Waals surface area contributed by atoms with Crippen molar-refractivity contribution in [3.63, 3.8) is 0 Å². The van der Waals surface area contributed by atoms with E-state index >= 15 is 0 Å². The summed E-state index contributed by atoms with van der Waals surface area (Å²) in [6, 6.07) is 7.90. The largest absolute Gasteiger partial charge is 0.353 e. The Balaban J connectivity index is 0.00000176. The summed E-state index contributed by atoms with van der Waals surface area (Å²) in [5.74, 6) is 0.823. The Morgan fingerprint density at radius 2 is 1.91 bits per heavy atom. The molecular weight excluding hydrogens is 366 g/mol. The Morgan fingerprint density at radius 1 is 1.18 bits per heavy atom. The standard InChI is InChI=1S/C16H22BrN3O.ClH/c17-14-4-2-1-3-13(14)15-16(21)19-9-10-20(15)11-12-5-7-18-8-6-12;/h1-4,12,15,18H,5-11H2,(H,19,21);1H. The highest BCUT2D eigenvalue weighted by molar-refractivity contribution is 9.10.